The van der Waals surface area contributed by atoms with Crippen molar-refractivity contribution in [3.8, 4) is 0 Å². The Bertz CT molecular complexity index is 1010. The van der Waals surface area contributed by atoms with Crippen molar-refractivity contribution in [2.24, 2.45) is 7.05 Å². The number of hydrogen-bond donors (Lipinski definition) is 3. The van der Waals surface area contributed by atoms with E-state index in [1.54, 1.807) is 10.9 Å². The number of amides is 1. The van der Waals surface area contributed by atoms with Gasteiger partial charge < -0.3 is 20.9 Å². The Balaban J connectivity index is 1.45. The summed E-state index contributed by atoms with van der Waals surface area (Å²) in [7, 11) is 1.87. The van der Waals surface area contributed by atoms with Crippen LogP contribution in [0.5, 0.6) is 0 Å². The molecule has 1 fully saturated rings. The molecule has 3 N–H and O–H groups in total. The fourth-order valence-corrected chi connectivity index (χ4v) is 3.59. The number of nitrogens with zero attached hydrogens (tertiary/aromatic N) is 3. The van der Waals surface area contributed by atoms with E-state index in [9.17, 15) is 4.79 Å². The van der Waals surface area contributed by atoms with Gasteiger partial charge in [-0.05, 0) is 48.9 Å². The lowest BCUT2D eigenvalue weighted by Gasteiger charge is -2.30. The first-order valence-electron chi connectivity index (χ1n) is 9.82. The molecule has 0 bridgehead atoms. The number of nitrogens with one attached hydrogen (secondary N) is 3. The van der Waals surface area contributed by atoms with E-state index in [0.29, 0.717) is 5.56 Å². The fraction of sp³-hybridized carbons (Fsp3) is 0.273. The minimum Gasteiger partial charge on any atom is -0.369 e. The number of anilines is 4. The smallest absolute Gasteiger partial charge is 0.255 e. The summed E-state index contributed by atoms with van der Waals surface area (Å²) in [4.78, 5) is 15.1. The minimum absolute atomic E-state index is 0.130. The van der Waals surface area contributed by atoms with Crippen molar-refractivity contribution < 1.29 is 4.79 Å². The third kappa shape index (κ3) is 4.57. The maximum Gasteiger partial charge on any atom is 0.255 e. The maximum atomic E-state index is 12.7. The van der Waals surface area contributed by atoms with Gasteiger partial charge in [-0.3, -0.25) is 9.48 Å². The van der Waals surface area contributed by atoms with Crippen molar-refractivity contribution in [1.29, 1.82) is 0 Å². The Hall–Kier alpha value is -3.32. The van der Waals surface area contributed by atoms with Gasteiger partial charge in [0.25, 0.3) is 5.91 Å². The molecule has 1 aliphatic heterocycles. The van der Waals surface area contributed by atoms with Crippen LogP contribution in [0.25, 0.3) is 0 Å². The molecule has 0 unspecified atom stereocenters. The van der Waals surface area contributed by atoms with E-state index >= 15 is 0 Å². The molecule has 1 aromatic heterocycles. The van der Waals surface area contributed by atoms with E-state index in [1.165, 1.54) is 5.69 Å². The van der Waals surface area contributed by atoms with Crippen LogP contribution in [-0.2, 0) is 7.05 Å². The number of benzene rings is 2. The first-order chi connectivity index (χ1) is 14.1. The van der Waals surface area contributed by atoms with E-state index in [1.807, 2.05) is 49.6 Å². The Kier molecular flexibility index (Phi) is 5.48. The predicted octanol–water partition coefficient (Wildman–Crippen LogP) is 3.13. The fourth-order valence-electron chi connectivity index (χ4n) is 3.59. The lowest BCUT2D eigenvalue weighted by Crippen LogP contribution is -2.43. The predicted molar refractivity (Wildman–Crippen MR) is 117 cm³/mol. The first kappa shape index (κ1) is 19.0. The molecule has 150 valence electrons. The highest BCUT2D eigenvalue weighted by Gasteiger charge is 2.14. The van der Waals surface area contributed by atoms with Crippen LogP contribution in [0.3, 0.4) is 0 Å². The topological polar surface area (TPSA) is 74.2 Å². The highest BCUT2D eigenvalue weighted by molar-refractivity contribution is 6.05. The average Bonchev–Trinajstić information content (AvgIpc) is 3.13. The number of hydrogen-bond acceptors (Lipinski definition) is 5. The van der Waals surface area contributed by atoms with Crippen molar-refractivity contribution in [2.45, 2.75) is 6.92 Å². The lowest BCUT2D eigenvalue weighted by atomic mass is 10.1. The molecule has 0 radical (unpaired) electrons. The average molecular weight is 390 g/mol. The molecule has 7 nitrogen and oxygen atoms in total. The van der Waals surface area contributed by atoms with Gasteiger partial charge in [0.05, 0.1) is 11.9 Å². The number of carbonyl (C=O) groups is 1. The Labute approximate surface area is 170 Å². The molecule has 1 aliphatic rings. The SMILES string of the molecule is Cc1cc(NC(=O)c2cccc(Nc3cnn(C)c3)c2)ccc1N1CCNCC1. The zero-order valence-corrected chi connectivity index (χ0v) is 16.8. The minimum atomic E-state index is -0.130. The Morgan fingerprint density at radius 3 is 2.62 bits per heavy atom. The summed E-state index contributed by atoms with van der Waals surface area (Å²) in [5.41, 5.74) is 5.52. The standard InChI is InChI=1S/C22H26N6O/c1-16-12-19(6-7-21(16)28-10-8-23-9-11-28)26-22(29)17-4-3-5-18(13-17)25-20-14-24-27(2)15-20/h3-7,12-15,23,25H,8-11H2,1-2H3,(H,26,29). The number of piperazine rings is 1. The van der Waals surface area contributed by atoms with E-state index < -0.39 is 0 Å². The maximum absolute atomic E-state index is 12.7. The van der Waals surface area contributed by atoms with Gasteiger partial charge >= 0.3 is 0 Å². The van der Waals surface area contributed by atoms with Crippen LogP contribution < -0.4 is 20.9 Å². The number of aryl methyl sites for hydroxylation is 2. The summed E-state index contributed by atoms with van der Waals surface area (Å²) in [6, 6.07) is 13.5. The van der Waals surface area contributed by atoms with E-state index in [0.717, 1.165) is 48.8 Å². The van der Waals surface area contributed by atoms with E-state index in [-0.39, 0.29) is 5.91 Å². The molecule has 1 saturated heterocycles. The van der Waals surface area contributed by atoms with Gasteiger partial charge in [-0.15, -0.1) is 0 Å². The van der Waals surface area contributed by atoms with E-state index in [4.69, 9.17) is 0 Å². The van der Waals surface area contributed by atoms with Gasteiger partial charge in [-0.1, -0.05) is 6.07 Å². The highest BCUT2D eigenvalue weighted by Crippen LogP contribution is 2.25. The molecule has 0 atom stereocenters. The van der Waals surface area contributed by atoms with Crippen LogP contribution in [-0.4, -0.2) is 41.9 Å². The van der Waals surface area contributed by atoms with Crippen LogP contribution in [0.15, 0.2) is 54.9 Å². The van der Waals surface area contributed by atoms with Gasteiger partial charge in [0, 0.05) is 62.0 Å². The Morgan fingerprint density at radius 2 is 1.90 bits per heavy atom. The highest BCUT2D eigenvalue weighted by atomic mass is 16.1. The zero-order valence-electron chi connectivity index (χ0n) is 16.8. The van der Waals surface area contributed by atoms with Crippen LogP contribution in [0.4, 0.5) is 22.7 Å². The first-order valence-corrected chi connectivity index (χ1v) is 9.82. The summed E-state index contributed by atoms with van der Waals surface area (Å²) in [6.07, 6.45) is 3.63. The molecule has 0 aliphatic carbocycles. The zero-order chi connectivity index (χ0) is 20.2. The molecule has 1 amide bonds. The summed E-state index contributed by atoms with van der Waals surface area (Å²) < 4.78 is 1.73. The van der Waals surface area contributed by atoms with Crippen molar-refractivity contribution in [3.63, 3.8) is 0 Å². The lowest BCUT2D eigenvalue weighted by molar-refractivity contribution is 0.102. The van der Waals surface area contributed by atoms with Gasteiger partial charge in [0.2, 0.25) is 0 Å². The van der Waals surface area contributed by atoms with E-state index in [2.05, 4.69) is 38.9 Å². The number of aromatic nitrogens is 2. The van der Waals surface area contributed by atoms with Crippen LogP contribution in [0.2, 0.25) is 0 Å². The van der Waals surface area contributed by atoms with Crippen LogP contribution in [0.1, 0.15) is 15.9 Å². The molecular weight excluding hydrogens is 364 g/mol. The normalized spacial score (nSPS) is 13.9. The molecule has 29 heavy (non-hydrogen) atoms. The molecule has 2 aromatic carbocycles. The molecule has 0 spiro atoms. The molecule has 2 heterocycles. The largest absolute Gasteiger partial charge is 0.369 e. The van der Waals surface area contributed by atoms with Gasteiger partial charge in [0.1, 0.15) is 0 Å². The molecule has 4 rings (SSSR count). The quantitative estimate of drug-likeness (QED) is 0.624. The summed E-state index contributed by atoms with van der Waals surface area (Å²) in [5.74, 6) is -0.130. The summed E-state index contributed by atoms with van der Waals surface area (Å²) in [5, 5.41) is 13.8. The summed E-state index contributed by atoms with van der Waals surface area (Å²) in [6.45, 7) is 6.10. The second-order valence-electron chi connectivity index (χ2n) is 7.30. The van der Waals surface area contributed by atoms with Crippen molar-refractivity contribution in [2.75, 3.05) is 41.7 Å². The third-order valence-corrected chi connectivity index (χ3v) is 5.03. The van der Waals surface area contributed by atoms with Crippen molar-refractivity contribution in [3.05, 3.63) is 66.0 Å². The number of carbonyl (C=O) groups excluding carboxylic acids is 1. The van der Waals surface area contributed by atoms with Gasteiger partial charge in [-0.25, -0.2) is 0 Å². The Morgan fingerprint density at radius 1 is 1.07 bits per heavy atom. The summed E-state index contributed by atoms with van der Waals surface area (Å²) >= 11 is 0. The molecule has 7 heteroatoms. The van der Waals surface area contributed by atoms with Crippen LogP contribution >= 0.6 is 0 Å². The monoisotopic (exact) mass is 390 g/mol. The number of rotatable bonds is 5. The van der Waals surface area contributed by atoms with Crippen molar-refractivity contribution >= 4 is 28.7 Å². The third-order valence-electron chi connectivity index (χ3n) is 5.03. The van der Waals surface area contributed by atoms with Crippen LogP contribution in [0, 0.1) is 6.92 Å². The molecule has 0 saturated carbocycles. The molecule has 3 aromatic rings. The van der Waals surface area contributed by atoms with Crippen molar-refractivity contribution in [1.82, 2.24) is 15.1 Å². The van der Waals surface area contributed by atoms with Gasteiger partial charge in [-0.2, -0.15) is 5.10 Å². The second-order valence-corrected chi connectivity index (χ2v) is 7.30. The second kappa shape index (κ2) is 8.36. The van der Waals surface area contributed by atoms with Gasteiger partial charge in [0.15, 0.2) is 0 Å². The molecular formula is C22H26N6O.